The van der Waals surface area contributed by atoms with Crippen LogP contribution in [0.25, 0.3) is 0 Å². The van der Waals surface area contributed by atoms with E-state index in [9.17, 15) is 13.2 Å². The lowest BCUT2D eigenvalue weighted by atomic mass is 10.1. The SMILES string of the molecule is CCn1nc(C(=O)O)c(S(=O)(=O)Cl)c1C(C)C. The first-order valence-corrected chi connectivity index (χ1v) is 7.29. The topological polar surface area (TPSA) is 89.3 Å². The Kier molecular flexibility index (Phi) is 3.83. The van der Waals surface area contributed by atoms with Gasteiger partial charge in [-0.15, -0.1) is 0 Å². The van der Waals surface area contributed by atoms with Gasteiger partial charge in [-0.2, -0.15) is 5.10 Å². The van der Waals surface area contributed by atoms with Gasteiger partial charge in [0.2, 0.25) is 0 Å². The first kappa shape index (κ1) is 14.0. The van der Waals surface area contributed by atoms with Crippen LogP contribution in [0.1, 0.15) is 42.9 Å². The summed E-state index contributed by atoms with van der Waals surface area (Å²) in [6, 6.07) is 0. The minimum Gasteiger partial charge on any atom is -0.476 e. The third-order valence-corrected chi connectivity index (χ3v) is 3.59. The van der Waals surface area contributed by atoms with Crippen molar-refractivity contribution in [1.29, 1.82) is 0 Å². The fourth-order valence-corrected chi connectivity index (χ4v) is 3.05. The second-order valence-electron chi connectivity index (χ2n) is 3.78. The quantitative estimate of drug-likeness (QED) is 0.847. The minimum absolute atomic E-state index is 0.195. The highest BCUT2D eigenvalue weighted by atomic mass is 35.7. The van der Waals surface area contributed by atoms with Crippen LogP contribution in [0.5, 0.6) is 0 Å². The number of aryl methyl sites for hydroxylation is 1. The average molecular weight is 281 g/mol. The Morgan fingerprint density at radius 1 is 1.53 bits per heavy atom. The lowest BCUT2D eigenvalue weighted by Gasteiger charge is -2.09. The molecule has 1 aromatic rings. The molecule has 0 radical (unpaired) electrons. The number of aromatic carboxylic acids is 1. The number of rotatable bonds is 4. The second kappa shape index (κ2) is 4.66. The van der Waals surface area contributed by atoms with Gasteiger partial charge < -0.3 is 5.11 Å². The van der Waals surface area contributed by atoms with E-state index in [1.807, 2.05) is 0 Å². The molecule has 0 amide bonds. The molecule has 0 fully saturated rings. The summed E-state index contributed by atoms with van der Waals surface area (Å²) in [5, 5.41) is 12.7. The fourth-order valence-electron chi connectivity index (χ4n) is 1.64. The van der Waals surface area contributed by atoms with Gasteiger partial charge in [-0.05, 0) is 12.8 Å². The number of nitrogens with zero attached hydrogens (tertiary/aromatic N) is 2. The number of carboxylic acid groups (broad SMARTS) is 1. The van der Waals surface area contributed by atoms with Crippen molar-refractivity contribution in [3.63, 3.8) is 0 Å². The molecule has 1 heterocycles. The van der Waals surface area contributed by atoms with Crippen molar-refractivity contribution in [2.45, 2.75) is 38.1 Å². The van der Waals surface area contributed by atoms with Crippen LogP contribution in [-0.2, 0) is 15.6 Å². The third-order valence-electron chi connectivity index (χ3n) is 2.24. The highest BCUT2D eigenvalue weighted by Gasteiger charge is 2.31. The molecule has 0 spiro atoms. The van der Waals surface area contributed by atoms with Crippen LogP contribution in [0.3, 0.4) is 0 Å². The Morgan fingerprint density at radius 2 is 2.06 bits per heavy atom. The van der Waals surface area contributed by atoms with Gasteiger partial charge in [-0.1, -0.05) is 13.8 Å². The molecule has 0 unspecified atom stereocenters. The van der Waals surface area contributed by atoms with Gasteiger partial charge in [0, 0.05) is 17.2 Å². The molecule has 1 aromatic heterocycles. The van der Waals surface area contributed by atoms with E-state index in [0.717, 1.165) is 0 Å². The number of hydrogen-bond acceptors (Lipinski definition) is 4. The third kappa shape index (κ3) is 2.61. The van der Waals surface area contributed by atoms with Crippen molar-refractivity contribution in [2.24, 2.45) is 0 Å². The van der Waals surface area contributed by atoms with Crippen LogP contribution in [0, 0.1) is 0 Å². The molecule has 8 heteroatoms. The maximum atomic E-state index is 11.5. The van der Waals surface area contributed by atoms with E-state index in [2.05, 4.69) is 5.10 Å². The standard InChI is InChI=1S/C9H13ClN2O4S/c1-4-12-7(5(2)3)8(17(10,15)16)6(11-12)9(13)14/h5H,4H2,1-3H3,(H,13,14). The first-order valence-electron chi connectivity index (χ1n) is 4.98. The Bertz CT molecular complexity index is 548. The van der Waals surface area contributed by atoms with E-state index in [-0.39, 0.29) is 5.92 Å². The lowest BCUT2D eigenvalue weighted by Crippen LogP contribution is -2.07. The van der Waals surface area contributed by atoms with Gasteiger partial charge in [-0.3, -0.25) is 4.68 Å². The Morgan fingerprint density at radius 3 is 2.35 bits per heavy atom. The molecule has 6 nitrogen and oxygen atoms in total. The van der Waals surface area contributed by atoms with E-state index in [0.29, 0.717) is 12.2 Å². The van der Waals surface area contributed by atoms with Crippen LogP contribution in [-0.4, -0.2) is 29.3 Å². The molecule has 17 heavy (non-hydrogen) atoms. The molecule has 1 rings (SSSR count). The van der Waals surface area contributed by atoms with Crippen molar-refractivity contribution >= 4 is 25.7 Å². The number of carbonyl (C=O) groups is 1. The fraction of sp³-hybridized carbons (Fsp3) is 0.556. The normalized spacial score (nSPS) is 12.1. The zero-order valence-electron chi connectivity index (χ0n) is 9.64. The van der Waals surface area contributed by atoms with Crippen LogP contribution in [0.15, 0.2) is 4.90 Å². The summed E-state index contributed by atoms with van der Waals surface area (Å²) in [5.74, 6) is -1.60. The van der Waals surface area contributed by atoms with Gasteiger partial charge in [0.1, 0.15) is 4.90 Å². The van der Waals surface area contributed by atoms with Crippen molar-refractivity contribution in [3.8, 4) is 0 Å². The molecule has 0 aliphatic heterocycles. The van der Waals surface area contributed by atoms with Gasteiger partial charge in [0.05, 0.1) is 5.69 Å². The zero-order chi connectivity index (χ0) is 13.4. The van der Waals surface area contributed by atoms with Crippen molar-refractivity contribution in [2.75, 3.05) is 0 Å². The average Bonchev–Trinajstić information content (AvgIpc) is 2.55. The van der Waals surface area contributed by atoms with Crippen molar-refractivity contribution in [1.82, 2.24) is 9.78 Å². The lowest BCUT2D eigenvalue weighted by molar-refractivity contribution is 0.0685. The molecule has 0 saturated carbocycles. The molecule has 0 aliphatic carbocycles. The highest BCUT2D eigenvalue weighted by Crippen LogP contribution is 2.29. The maximum Gasteiger partial charge on any atom is 0.357 e. The first-order chi connectivity index (χ1) is 7.70. The van der Waals surface area contributed by atoms with Gasteiger partial charge >= 0.3 is 5.97 Å². The summed E-state index contributed by atoms with van der Waals surface area (Å²) in [7, 11) is 1.15. The predicted octanol–water partition coefficient (Wildman–Crippen LogP) is 1.65. The number of aromatic nitrogens is 2. The number of halogens is 1. The second-order valence-corrected chi connectivity index (χ2v) is 6.28. The summed E-state index contributed by atoms with van der Waals surface area (Å²) in [6.07, 6.45) is 0. The molecule has 0 aromatic carbocycles. The minimum atomic E-state index is -4.14. The molecular weight excluding hydrogens is 268 g/mol. The van der Waals surface area contributed by atoms with E-state index in [4.69, 9.17) is 15.8 Å². The molecule has 0 atom stereocenters. The molecule has 0 saturated heterocycles. The highest BCUT2D eigenvalue weighted by molar-refractivity contribution is 8.13. The monoisotopic (exact) mass is 280 g/mol. The molecule has 0 aliphatic rings. The number of carboxylic acids is 1. The van der Waals surface area contributed by atoms with E-state index in [1.54, 1.807) is 20.8 Å². The van der Waals surface area contributed by atoms with Crippen molar-refractivity contribution < 1.29 is 18.3 Å². The Hall–Kier alpha value is -1.08. The Labute approximate surface area is 104 Å². The zero-order valence-corrected chi connectivity index (χ0v) is 11.2. The van der Waals surface area contributed by atoms with Crippen LogP contribution in [0.4, 0.5) is 0 Å². The molecule has 1 N–H and O–H groups in total. The van der Waals surface area contributed by atoms with Crippen molar-refractivity contribution in [3.05, 3.63) is 11.4 Å². The molecule has 0 bridgehead atoms. The van der Waals surface area contributed by atoms with E-state index in [1.165, 1.54) is 4.68 Å². The summed E-state index contributed by atoms with van der Waals surface area (Å²) in [6.45, 7) is 5.62. The number of hydrogen-bond donors (Lipinski definition) is 1. The van der Waals surface area contributed by atoms with Gasteiger partial charge in [0.25, 0.3) is 9.05 Å². The van der Waals surface area contributed by atoms with Crippen LogP contribution < -0.4 is 0 Å². The largest absolute Gasteiger partial charge is 0.476 e. The van der Waals surface area contributed by atoms with E-state index >= 15 is 0 Å². The van der Waals surface area contributed by atoms with Crippen LogP contribution >= 0.6 is 10.7 Å². The van der Waals surface area contributed by atoms with Gasteiger partial charge in [0.15, 0.2) is 5.69 Å². The van der Waals surface area contributed by atoms with Gasteiger partial charge in [-0.25, -0.2) is 13.2 Å². The molecular formula is C9H13ClN2O4S. The smallest absolute Gasteiger partial charge is 0.357 e. The maximum absolute atomic E-state index is 11.5. The van der Waals surface area contributed by atoms with E-state index < -0.39 is 25.6 Å². The van der Waals surface area contributed by atoms with Crippen LogP contribution in [0.2, 0.25) is 0 Å². The Balaban J connectivity index is 3.73. The summed E-state index contributed by atoms with van der Waals surface area (Å²) >= 11 is 0. The molecule has 96 valence electrons. The predicted molar refractivity (Wildman–Crippen MR) is 62.0 cm³/mol. The summed E-state index contributed by atoms with van der Waals surface area (Å²) < 4.78 is 24.3. The summed E-state index contributed by atoms with van der Waals surface area (Å²) in [5.41, 5.74) is -0.203. The summed E-state index contributed by atoms with van der Waals surface area (Å²) in [4.78, 5) is 10.6.